The first-order valence-corrected chi connectivity index (χ1v) is 42.3. The first-order chi connectivity index (χ1) is 66.5. The lowest BCUT2D eigenvalue weighted by Crippen LogP contribution is -2.10. The molecule has 0 bridgehead atoms. The first kappa shape index (κ1) is 104. The number of hydrogen-bond donors (Lipinski definition) is 1. The summed E-state index contributed by atoms with van der Waals surface area (Å²) in [5.74, 6) is -5.21. The summed E-state index contributed by atoms with van der Waals surface area (Å²) >= 11 is 0. The Morgan fingerprint density at radius 2 is 0.626 bits per heavy atom. The van der Waals surface area contributed by atoms with Crippen molar-refractivity contribution in [1.82, 2.24) is 0 Å². The molecule has 29 nitrogen and oxygen atoms in total. The van der Waals surface area contributed by atoms with Crippen LogP contribution in [0.1, 0.15) is 89.2 Å². The number of phenolic OH excluding ortho intramolecular Hbond substituents is 1. The lowest BCUT2D eigenvalue weighted by Gasteiger charge is -2.11. The van der Waals surface area contributed by atoms with E-state index in [2.05, 4.69) is 59.2 Å². The first-order valence-electron chi connectivity index (χ1n) is 42.3. The molecule has 1 N–H and O–H groups in total. The highest BCUT2D eigenvalue weighted by Gasteiger charge is 2.21. The Hall–Kier alpha value is -18.2. The maximum atomic E-state index is 14.4. The van der Waals surface area contributed by atoms with Crippen molar-refractivity contribution in [3.8, 4) is 74.7 Å². The Kier molecular flexibility index (Phi) is 38.9. The standard InChI is InChI=1S/C29H24O8.C27H24O8.C27H24O7.C26H21FO6/c1-5-26(30)36-24-13-7-19(15-25(24)37-27(31)6-2)8-14-28(32)34-22-11-9-21-17-23(12-10-20(21)16-22)35-29(33)18(3)4;1-4-25(29)33-13-5-12-32-21-9-8-18-14-20(7-6-19(18)15-21)27(31)34-22-10-11-24(23(28)16-22)35-26(30)17(2)3;1-4-25(28)32-15-5-14-31-24-9-8-19-16-21(7-6-20(19)17-24)27(30)34-23-12-10-22(11-13-23)33-26(29)18(2)3;1-4-24(28)32-21-10-8-18-13-20(6-5-19(18)14-21)26(30)33-22-9-7-17(23(27)15-22)11-12-31-25(29)16(2)3/h5-7,9-13,15-17H,1-3,8,14H2,4H3;4,6-11,14-16,28H,1-2,5,12-13H2,3H3;4,6-13,16-17H,1-2,5,14-15H2,3H3;4-10,13-15H,1-2,11-12H2,3H3. The zero-order chi connectivity index (χ0) is 101. The van der Waals surface area contributed by atoms with E-state index in [1.54, 1.807) is 147 Å². The molecule has 0 spiro atoms. The van der Waals surface area contributed by atoms with E-state index in [1.807, 2.05) is 30.3 Å². The van der Waals surface area contributed by atoms with Crippen LogP contribution >= 0.6 is 0 Å². The van der Waals surface area contributed by atoms with Crippen LogP contribution in [0.15, 0.2) is 336 Å². The molecule has 0 unspecified atom stereocenters. The molecular formula is C109H93FO29. The minimum atomic E-state index is -0.732. The fourth-order valence-corrected chi connectivity index (χ4v) is 11.8. The minimum Gasteiger partial charge on any atom is -0.504 e. The second-order valence-corrected chi connectivity index (χ2v) is 29.8. The molecule has 139 heavy (non-hydrogen) atoms. The summed E-state index contributed by atoms with van der Waals surface area (Å²) in [6, 6.07) is 59.9. The van der Waals surface area contributed by atoms with Gasteiger partial charge in [0.25, 0.3) is 0 Å². The maximum Gasteiger partial charge on any atom is 0.343 e. The van der Waals surface area contributed by atoms with Gasteiger partial charge in [-0.2, -0.15) is 0 Å². The van der Waals surface area contributed by atoms with Gasteiger partial charge in [0.2, 0.25) is 0 Å². The number of fused-ring (bicyclic) bond motifs is 4. The summed E-state index contributed by atoms with van der Waals surface area (Å²) in [7, 11) is 0. The van der Waals surface area contributed by atoms with E-state index >= 15 is 0 Å². The van der Waals surface area contributed by atoms with Gasteiger partial charge >= 0.3 is 77.6 Å². The van der Waals surface area contributed by atoms with Crippen LogP contribution in [-0.2, 0) is 75.0 Å². The van der Waals surface area contributed by atoms with Crippen molar-refractivity contribution in [1.29, 1.82) is 0 Å². The Balaban J connectivity index is 0.000000207. The molecule has 0 aliphatic rings. The van der Waals surface area contributed by atoms with E-state index in [1.165, 1.54) is 68.4 Å². The van der Waals surface area contributed by atoms with Gasteiger partial charge in [-0.25, -0.2) is 61.9 Å². The van der Waals surface area contributed by atoms with Gasteiger partial charge in [-0.15, -0.1) is 0 Å². The van der Waals surface area contributed by atoms with Gasteiger partial charge in [0.1, 0.15) is 57.6 Å². The third kappa shape index (κ3) is 33.2. The minimum absolute atomic E-state index is 0.00728. The number of rotatable bonds is 38. The molecule has 0 aliphatic heterocycles. The molecule has 12 aromatic carbocycles. The largest absolute Gasteiger partial charge is 0.504 e. The van der Waals surface area contributed by atoms with Crippen LogP contribution in [0.3, 0.4) is 0 Å². The number of halogens is 1. The highest BCUT2D eigenvalue weighted by molar-refractivity contribution is 6.00. The summed E-state index contributed by atoms with van der Waals surface area (Å²) in [5, 5.41) is 16.5. The maximum absolute atomic E-state index is 14.4. The van der Waals surface area contributed by atoms with E-state index in [9.17, 15) is 71.8 Å². The fourth-order valence-electron chi connectivity index (χ4n) is 11.8. The summed E-state index contributed by atoms with van der Waals surface area (Å²) in [6.45, 7) is 38.1. The molecular weight excluding hydrogens is 1790 g/mol. The number of phenols is 1. The van der Waals surface area contributed by atoms with Crippen LogP contribution in [0, 0.1) is 5.82 Å². The van der Waals surface area contributed by atoms with Crippen molar-refractivity contribution in [2.75, 3.05) is 33.0 Å². The molecule has 0 heterocycles. The second kappa shape index (κ2) is 51.7. The van der Waals surface area contributed by atoms with Crippen molar-refractivity contribution in [2.45, 2.75) is 59.8 Å². The van der Waals surface area contributed by atoms with Gasteiger partial charge < -0.3 is 76.2 Å². The highest BCUT2D eigenvalue weighted by Crippen LogP contribution is 2.35. The highest BCUT2D eigenvalue weighted by atomic mass is 19.1. The van der Waals surface area contributed by atoms with Crippen LogP contribution in [0.25, 0.3) is 43.1 Å². The normalized spacial score (nSPS) is 10.3. The number of benzene rings is 12. The molecule has 12 rings (SSSR count). The van der Waals surface area contributed by atoms with Gasteiger partial charge in [0.15, 0.2) is 23.0 Å². The van der Waals surface area contributed by atoms with Crippen LogP contribution in [-0.4, -0.2) is 116 Å². The van der Waals surface area contributed by atoms with Gasteiger partial charge in [-0.1, -0.05) is 120 Å². The van der Waals surface area contributed by atoms with Crippen molar-refractivity contribution in [3.05, 3.63) is 370 Å². The van der Waals surface area contributed by atoms with E-state index in [0.29, 0.717) is 94.1 Å². The van der Waals surface area contributed by atoms with Crippen molar-refractivity contribution in [3.63, 3.8) is 0 Å². The number of ether oxygens (including phenoxy) is 15. The smallest absolute Gasteiger partial charge is 0.343 e. The van der Waals surface area contributed by atoms with Crippen LogP contribution in [0.4, 0.5) is 4.39 Å². The number of esters is 13. The van der Waals surface area contributed by atoms with Crippen molar-refractivity contribution in [2.24, 2.45) is 0 Å². The molecule has 0 radical (unpaired) electrons. The molecule has 0 atom stereocenters. The number of aromatic hydroxyl groups is 1. The Labute approximate surface area is 797 Å². The molecule has 0 saturated heterocycles. The predicted molar refractivity (Wildman–Crippen MR) is 513 cm³/mol. The van der Waals surface area contributed by atoms with Gasteiger partial charge in [-0.05, 0) is 240 Å². The molecule has 0 saturated carbocycles. The zero-order valence-electron chi connectivity index (χ0n) is 75.9. The Morgan fingerprint density at radius 1 is 0.288 bits per heavy atom. The van der Waals surface area contributed by atoms with Crippen LogP contribution in [0.2, 0.25) is 0 Å². The molecule has 710 valence electrons. The third-order valence-corrected chi connectivity index (χ3v) is 18.9. The molecule has 0 amide bonds. The molecule has 30 heteroatoms. The van der Waals surface area contributed by atoms with Gasteiger partial charge in [-0.3, -0.25) is 4.79 Å². The van der Waals surface area contributed by atoms with Crippen LogP contribution < -0.4 is 56.8 Å². The molecule has 12 aromatic rings. The zero-order valence-corrected chi connectivity index (χ0v) is 75.9. The molecule has 0 aliphatic carbocycles. The van der Waals surface area contributed by atoms with Crippen molar-refractivity contribution < 1.29 is 143 Å². The van der Waals surface area contributed by atoms with E-state index in [-0.39, 0.29) is 95.9 Å². The van der Waals surface area contributed by atoms with Crippen LogP contribution in [0.5, 0.6) is 74.7 Å². The average Bonchev–Trinajstić information content (AvgIpc) is 0.833. The summed E-state index contributed by atoms with van der Waals surface area (Å²) < 4.78 is 92.7. The quantitative estimate of drug-likeness (QED) is 0.0123. The Bertz CT molecular complexity index is 6810. The third-order valence-electron chi connectivity index (χ3n) is 18.9. The van der Waals surface area contributed by atoms with Crippen molar-refractivity contribution >= 4 is 121 Å². The Morgan fingerprint density at radius 3 is 1.06 bits per heavy atom. The number of hydrogen-bond acceptors (Lipinski definition) is 29. The molecule has 0 aromatic heterocycles. The fraction of sp³-hybridized carbons (Fsp3) is 0.128. The number of aryl methyl sites for hydroxylation is 1. The summed E-state index contributed by atoms with van der Waals surface area (Å²) in [6.07, 6.45) is 6.83. The summed E-state index contributed by atoms with van der Waals surface area (Å²) in [5.41, 5.74) is 2.98. The lowest BCUT2D eigenvalue weighted by molar-refractivity contribution is -0.139. The number of carbonyl (C=O) groups is 13. The predicted octanol–water partition coefficient (Wildman–Crippen LogP) is 19.8. The SMILES string of the molecule is C=CC(=O)OCCCOc1ccc2cc(C(=O)Oc3ccc(OC(=O)C(=C)C)c(O)c3)ccc2c1.C=CC(=O)OCCCOc1ccc2cc(C(=O)Oc3ccc(OC(=O)C(=C)C)cc3)ccc2c1.C=CC(=O)Oc1ccc(CCC(=O)Oc2ccc3cc(OC(=O)C(=C)C)ccc3c2)cc1OC(=O)C=C.C=CC(=O)Oc1ccc2cc(C(=O)Oc3ccc(CCOC(=O)C(=C)C)c(F)c3)ccc2c1. The van der Waals surface area contributed by atoms with E-state index < -0.39 is 83.4 Å². The number of carbonyl (C=O) groups excluding carboxylic acids is 13. The van der Waals surface area contributed by atoms with Gasteiger partial charge in [0.05, 0.1) is 49.7 Å². The van der Waals surface area contributed by atoms with E-state index in [4.69, 9.17) is 71.1 Å². The van der Waals surface area contributed by atoms with E-state index in [0.717, 1.165) is 79.5 Å². The lowest BCUT2D eigenvalue weighted by atomic mass is 10.1. The second-order valence-electron chi connectivity index (χ2n) is 29.8. The average molecular weight is 1890 g/mol. The van der Waals surface area contributed by atoms with Gasteiger partial charge in [0, 0.05) is 90.5 Å². The topological polar surface area (TPSA) is 381 Å². The monoisotopic (exact) mass is 1880 g/mol. The summed E-state index contributed by atoms with van der Waals surface area (Å²) in [4.78, 5) is 153. The molecule has 0 fully saturated rings.